The Morgan fingerprint density at radius 1 is 0.889 bits per heavy atom. The molecule has 3 aromatic carbocycles. The Bertz CT molecular complexity index is 935. The van der Waals surface area contributed by atoms with E-state index < -0.39 is 0 Å². The van der Waals surface area contributed by atoms with Gasteiger partial charge in [0.15, 0.2) is 6.61 Å². The van der Waals surface area contributed by atoms with Gasteiger partial charge >= 0.3 is 0 Å². The molecule has 1 heterocycles. The highest BCUT2D eigenvalue weighted by Gasteiger charge is 2.20. The lowest BCUT2D eigenvalue weighted by molar-refractivity contribution is -0.134. The molecule has 0 spiro atoms. The van der Waals surface area contributed by atoms with Gasteiger partial charge in [0.2, 0.25) is 0 Å². The maximum atomic E-state index is 12.5. The van der Waals surface area contributed by atoms with Crippen molar-refractivity contribution >= 4 is 28.5 Å². The van der Waals surface area contributed by atoms with Crippen molar-refractivity contribution in [3.8, 4) is 16.9 Å². The predicted molar refractivity (Wildman–Crippen MR) is 116 cm³/mol. The van der Waals surface area contributed by atoms with Crippen molar-refractivity contribution in [1.29, 1.82) is 0 Å². The molecule has 136 valence electrons. The van der Waals surface area contributed by atoms with Crippen molar-refractivity contribution in [3.63, 3.8) is 0 Å². The summed E-state index contributed by atoms with van der Waals surface area (Å²) in [7, 11) is 0. The zero-order valence-electron chi connectivity index (χ0n) is 14.9. The van der Waals surface area contributed by atoms with E-state index in [9.17, 15) is 4.79 Å². The summed E-state index contributed by atoms with van der Waals surface area (Å²) < 4.78 is 6.94. The zero-order chi connectivity index (χ0) is 18.6. The third-order valence-corrected chi connectivity index (χ3v) is 5.60. The Labute approximate surface area is 173 Å². The van der Waals surface area contributed by atoms with Crippen molar-refractivity contribution in [2.45, 2.75) is 13.0 Å². The molecule has 1 aliphatic rings. The summed E-state index contributed by atoms with van der Waals surface area (Å²) in [4.78, 5) is 14.4. The summed E-state index contributed by atoms with van der Waals surface area (Å²) in [5.74, 6) is 0.751. The van der Waals surface area contributed by atoms with E-state index in [1.165, 1.54) is 20.3 Å². The molecule has 0 atom stereocenters. The molecule has 0 radical (unpaired) electrons. The Morgan fingerprint density at radius 2 is 1.52 bits per heavy atom. The average molecular weight is 469 g/mol. The standard InChI is InChI=1S/C23H20INO2/c24-21-9-5-18(6-10-21)19-7-11-22(12-8-19)27-16-23(26)25-14-13-17-3-1-2-4-20(17)15-25/h1-12H,13-16H2. The average Bonchev–Trinajstić information content (AvgIpc) is 2.72. The largest absolute Gasteiger partial charge is 0.484 e. The van der Waals surface area contributed by atoms with Gasteiger partial charge < -0.3 is 9.64 Å². The number of amides is 1. The van der Waals surface area contributed by atoms with Crippen molar-refractivity contribution in [3.05, 3.63) is 87.5 Å². The number of hydrogen-bond acceptors (Lipinski definition) is 2. The van der Waals surface area contributed by atoms with Crippen LogP contribution in [0.5, 0.6) is 5.75 Å². The van der Waals surface area contributed by atoms with E-state index in [0.717, 1.165) is 24.3 Å². The molecule has 0 aliphatic carbocycles. The minimum Gasteiger partial charge on any atom is -0.484 e. The number of ether oxygens (including phenoxy) is 1. The molecule has 0 aromatic heterocycles. The van der Waals surface area contributed by atoms with Crippen LogP contribution in [0.3, 0.4) is 0 Å². The van der Waals surface area contributed by atoms with Gasteiger partial charge in [-0.3, -0.25) is 4.79 Å². The molecule has 3 nitrogen and oxygen atoms in total. The van der Waals surface area contributed by atoms with Crippen LogP contribution >= 0.6 is 22.6 Å². The van der Waals surface area contributed by atoms with E-state index in [1.54, 1.807) is 0 Å². The van der Waals surface area contributed by atoms with Crippen molar-refractivity contribution in [2.75, 3.05) is 13.2 Å². The van der Waals surface area contributed by atoms with Gasteiger partial charge in [0, 0.05) is 16.7 Å². The normalized spacial score (nSPS) is 13.1. The highest BCUT2D eigenvalue weighted by molar-refractivity contribution is 14.1. The van der Waals surface area contributed by atoms with Gasteiger partial charge in [-0.05, 0) is 75.5 Å². The van der Waals surface area contributed by atoms with Crippen LogP contribution in [-0.4, -0.2) is 24.0 Å². The Balaban J connectivity index is 1.35. The quantitative estimate of drug-likeness (QED) is 0.508. The first-order chi connectivity index (χ1) is 13.2. The molecule has 1 amide bonds. The number of benzene rings is 3. The predicted octanol–water partition coefficient (Wildman–Crippen LogP) is 4.92. The Hall–Kier alpha value is -2.34. The van der Waals surface area contributed by atoms with Crippen molar-refractivity contribution in [2.24, 2.45) is 0 Å². The van der Waals surface area contributed by atoms with E-state index in [4.69, 9.17) is 4.74 Å². The molecule has 0 fully saturated rings. The third-order valence-electron chi connectivity index (χ3n) is 4.88. The summed E-state index contributed by atoms with van der Waals surface area (Å²) in [5.41, 5.74) is 4.88. The zero-order valence-corrected chi connectivity index (χ0v) is 17.1. The molecule has 1 aliphatic heterocycles. The minimum atomic E-state index is 0.0335. The molecule has 0 saturated carbocycles. The maximum Gasteiger partial charge on any atom is 0.260 e. The summed E-state index contributed by atoms with van der Waals surface area (Å²) in [5, 5.41) is 0. The van der Waals surface area contributed by atoms with E-state index in [-0.39, 0.29) is 12.5 Å². The van der Waals surface area contributed by atoms with Crippen LogP contribution in [0.4, 0.5) is 0 Å². The molecule has 3 aromatic rings. The van der Waals surface area contributed by atoms with Crippen molar-refractivity contribution in [1.82, 2.24) is 4.90 Å². The fraction of sp³-hybridized carbons (Fsp3) is 0.174. The van der Waals surface area contributed by atoms with Gasteiger partial charge in [0.1, 0.15) is 5.75 Å². The number of halogens is 1. The highest BCUT2D eigenvalue weighted by atomic mass is 127. The smallest absolute Gasteiger partial charge is 0.260 e. The first kappa shape index (κ1) is 18.0. The number of carbonyl (C=O) groups excluding carboxylic acids is 1. The first-order valence-corrected chi connectivity index (χ1v) is 10.1. The van der Waals surface area contributed by atoms with Gasteiger partial charge in [-0.2, -0.15) is 0 Å². The van der Waals surface area contributed by atoms with E-state index >= 15 is 0 Å². The number of nitrogens with zero attached hydrogens (tertiary/aromatic N) is 1. The molecule has 0 bridgehead atoms. The van der Waals surface area contributed by atoms with Crippen LogP contribution in [0.2, 0.25) is 0 Å². The molecular formula is C23H20INO2. The molecule has 4 heteroatoms. The number of rotatable bonds is 4. The fourth-order valence-electron chi connectivity index (χ4n) is 3.33. The lowest BCUT2D eigenvalue weighted by atomic mass is 10.00. The second-order valence-electron chi connectivity index (χ2n) is 6.65. The SMILES string of the molecule is O=C(COc1ccc(-c2ccc(I)cc2)cc1)N1CCc2ccccc2C1. The van der Waals surface area contributed by atoms with Crippen LogP contribution in [0, 0.1) is 3.57 Å². The van der Waals surface area contributed by atoms with Crippen LogP contribution in [0.1, 0.15) is 11.1 Å². The molecule has 0 saturated heterocycles. The molecular weight excluding hydrogens is 449 g/mol. The van der Waals surface area contributed by atoms with Crippen molar-refractivity contribution < 1.29 is 9.53 Å². The van der Waals surface area contributed by atoms with E-state index in [1.807, 2.05) is 35.2 Å². The molecule has 27 heavy (non-hydrogen) atoms. The lowest BCUT2D eigenvalue weighted by Gasteiger charge is -2.28. The fourth-order valence-corrected chi connectivity index (χ4v) is 3.69. The van der Waals surface area contributed by atoms with Gasteiger partial charge in [-0.1, -0.05) is 48.5 Å². The Morgan fingerprint density at radius 3 is 2.22 bits per heavy atom. The van der Waals surface area contributed by atoms with Crippen LogP contribution in [0.15, 0.2) is 72.8 Å². The first-order valence-electron chi connectivity index (χ1n) is 9.02. The summed E-state index contributed by atoms with van der Waals surface area (Å²) in [6, 6.07) is 24.6. The third kappa shape index (κ3) is 4.33. The summed E-state index contributed by atoms with van der Waals surface area (Å²) in [6.07, 6.45) is 0.909. The van der Waals surface area contributed by atoms with Gasteiger partial charge in [-0.15, -0.1) is 0 Å². The van der Waals surface area contributed by atoms with Gasteiger partial charge in [-0.25, -0.2) is 0 Å². The van der Waals surface area contributed by atoms with E-state index in [2.05, 4.69) is 65.1 Å². The Kier molecular flexibility index (Phi) is 5.43. The maximum absolute atomic E-state index is 12.5. The number of carbonyl (C=O) groups is 1. The highest BCUT2D eigenvalue weighted by Crippen LogP contribution is 2.23. The second kappa shape index (κ2) is 8.13. The molecule has 0 unspecified atom stereocenters. The van der Waals surface area contributed by atoms with Gasteiger partial charge in [0.25, 0.3) is 5.91 Å². The van der Waals surface area contributed by atoms with Crippen LogP contribution in [0.25, 0.3) is 11.1 Å². The second-order valence-corrected chi connectivity index (χ2v) is 7.90. The monoisotopic (exact) mass is 469 g/mol. The summed E-state index contributed by atoms with van der Waals surface area (Å²) >= 11 is 2.30. The van der Waals surface area contributed by atoms with Gasteiger partial charge in [0.05, 0.1) is 0 Å². The molecule has 4 rings (SSSR count). The van der Waals surface area contributed by atoms with E-state index in [0.29, 0.717) is 6.54 Å². The van der Waals surface area contributed by atoms with Crippen LogP contribution in [-0.2, 0) is 17.8 Å². The minimum absolute atomic E-state index is 0.0335. The molecule has 0 N–H and O–H groups in total. The van der Waals surface area contributed by atoms with Crippen LogP contribution < -0.4 is 4.74 Å². The topological polar surface area (TPSA) is 29.5 Å². The number of fused-ring (bicyclic) bond motifs is 1. The number of hydrogen-bond donors (Lipinski definition) is 0. The lowest BCUT2D eigenvalue weighted by Crippen LogP contribution is -2.38. The summed E-state index contributed by atoms with van der Waals surface area (Å²) in [6.45, 7) is 1.50.